The van der Waals surface area contributed by atoms with Crippen LogP contribution < -0.4 is 14.8 Å². The third kappa shape index (κ3) is 6.71. The Kier molecular flexibility index (Phi) is 8.27. The molecule has 0 unspecified atom stereocenters. The van der Waals surface area contributed by atoms with E-state index in [1.807, 2.05) is 42.5 Å². The first kappa shape index (κ1) is 22.6. The Bertz CT molecular complexity index is 900. The van der Waals surface area contributed by atoms with Gasteiger partial charge in [-0.15, -0.1) is 0 Å². The van der Waals surface area contributed by atoms with Gasteiger partial charge in [0.2, 0.25) is 5.91 Å². The summed E-state index contributed by atoms with van der Waals surface area (Å²) < 4.78 is 10.6. The minimum atomic E-state index is 0.0565. The van der Waals surface area contributed by atoms with E-state index in [-0.39, 0.29) is 5.91 Å². The van der Waals surface area contributed by atoms with Crippen molar-refractivity contribution in [2.45, 2.75) is 13.0 Å². The molecule has 1 aliphatic rings. The van der Waals surface area contributed by atoms with E-state index in [1.165, 1.54) is 5.56 Å². The fraction of sp³-hybridized carbons (Fsp3) is 0.417. The van der Waals surface area contributed by atoms with E-state index in [9.17, 15) is 4.79 Å². The molecule has 0 saturated carbocycles. The highest BCUT2D eigenvalue weighted by Crippen LogP contribution is 2.27. The number of carbonyl (C=O) groups excluding carboxylic acids is 1. The van der Waals surface area contributed by atoms with E-state index in [1.54, 1.807) is 14.2 Å². The standard InChI is InChI=1S/C24H30N4O3/c1-30-22-8-7-19(15-23(22)31-2)9-10-26-24(29)18-28-13-11-27(12-14-28)17-21-5-3-20(16-25)4-6-21/h3-8,15H,9-14,17-18H2,1-2H3,(H,26,29). The van der Waals surface area contributed by atoms with E-state index in [2.05, 4.69) is 21.2 Å². The van der Waals surface area contributed by atoms with Gasteiger partial charge in [-0.2, -0.15) is 5.26 Å². The predicted octanol–water partition coefficient (Wildman–Crippen LogP) is 2.05. The molecular weight excluding hydrogens is 392 g/mol. The summed E-state index contributed by atoms with van der Waals surface area (Å²) in [6, 6.07) is 15.7. The van der Waals surface area contributed by atoms with Crippen LogP contribution in [0, 0.1) is 11.3 Å². The first-order valence-corrected chi connectivity index (χ1v) is 10.5. The zero-order valence-electron chi connectivity index (χ0n) is 18.3. The van der Waals surface area contributed by atoms with Gasteiger partial charge in [0.15, 0.2) is 11.5 Å². The summed E-state index contributed by atoms with van der Waals surface area (Å²) in [4.78, 5) is 16.9. The van der Waals surface area contributed by atoms with E-state index in [4.69, 9.17) is 14.7 Å². The summed E-state index contributed by atoms with van der Waals surface area (Å²) in [5.41, 5.74) is 2.99. The first-order chi connectivity index (χ1) is 15.1. The minimum Gasteiger partial charge on any atom is -0.493 e. The molecule has 0 bridgehead atoms. The number of nitrogens with one attached hydrogen (secondary N) is 1. The number of carbonyl (C=O) groups is 1. The molecule has 1 amide bonds. The highest BCUT2D eigenvalue weighted by atomic mass is 16.5. The second-order valence-electron chi connectivity index (χ2n) is 7.65. The van der Waals surface area contributed by atoms with Crippen LogP contribution in [-0.2, 0) is 17.8 Å². The third-order valence-electron chi connectivity index (χ3n) is 5.51. The molecule has 1 N–H and O–H groups in total. The number of piperazine rings is 1. The molecule has 7 nitrogen and oxygen atoms in total. The van der Waals surface area contributed by atoms with Gasteiger partial charge in [0.25, 0.3) is 0 Å². The Morgan fingerprint density at radius 3 is 2.26 bits per heavy atom. The number of methoxy groups -OCH3 is 2. The number of ether oxygens (including phenoxy) is 2. The molecule has 31 heavy (non-hydrogen) atoms. The second-order valence-corrected chi connectivity index (χ2v) is 7.65. The molecule has 164 valence electrons. The fourth-order valence-electron chi connectivity index (χ4n) is 3.69. The van der Waals surface area contributed by atoms with Gasteiger partial charge in [0.1, 0.15) is 0 Å². The van der Waals surface area contributed by atoms with Crippen molar-refractivity contribution < 1.29 is 14.3 Å². The molecule has 1 saturated heterocycles. The van der Waals surface area contributed by atoms with Gasteiger partial charge in [-0.05, 0) is 41.8 Å². The lowest BCUT2D eigenvalue weighted by atomic mass is 10.1. The molecular formula is C24H30N4O3. The van der Waals surface area contributed by atoms with Crippen LogP contribution >= 0.6 is 0 Å². The van der Waals surface area contributed by atoms with Gasteiger partial charge in [0, 0.05) is 39.3 Å². The number of nitrogens with zero attached hydrogens (tertiary/aromatic N) is 3. The Balaban J connectivity index is 1.35. The van der Waals surface area contributed by atoms with Crippen molar-refractivity contribution in [2.75, 3.05) is 53.5 Å². The molecule has 3 rings (SSSR count). The number of amides is 1. The van der Waals surface area contributed by atoms with Crippen LogP contribution in [0.3, 0.4) is 0 Å². The van der Waals surface area contributed by atoms with Crippen molar-refractivity contribution in [3.8, 4) is 17.6 Å². The smallest absolute Gasteiger partial charge is 0.234 e. The Morgan fingerprint density at radius 2 is 1.61 bits per heavy atom. The van der Waals surface area contributed by atoms with Gasteiger partial charge >= 0.3 is 0 Å². The number of hydrogen-bond acceptors (Lipinski definition) is 6. The predicted molar refractivity (Wildman–Crippen MR) is 119 cm³/mol. The summed E-state index contributed by atoms with van der Waals surface area (Å²) in [6.45, 7) is 5.50. The lowest BCUT2D eigenvalue weighted by molar-refractivity contribution is -0.122. The zero-order chi connectivity index (χ0) is 22.1. The first-order valence-electron chi connectivity index (χ1n) is 10.5. The lowest BCUT2D eigenvalue weighted by Gasteiger charge is -2.34. The summed E-state index contributed by atoms with van der Waals surface area (Å²) in [6.07, 6.45) is 0.741. The van der Waals surface area contributed by atoms with E-state index in [0.717, 1.165) is 44.7 Å². The summed E-state index contributed by atoms with van der Waals surface area (Å²) >= 11 is 0. The van der Waals surface area contributed by atoms with E-state index < -0.39 is 0 Å². The fourth-order valence-corrected chi connectivity index (χ4v) is 3.69. The number of nitriles is 1. The largest absolute Gasteiger partial charge is 0.493 e. The zero-order valence-corrected chi connectivity index (χ0v) is 18.3. The maximum absolute atomic E-state index is 12.3. The average Bonchev–Trinajstić information content (AvgIpc) is 2.80. The summed E-state index contributed by atoms with van der Waals surface area (Å²) in [7, 11) is 3.23. The van der Waals surface area contributed by atoms with E-state index >= 15 is 0 Å². The minimum absolute atomic E-state index is 0.0565. The van der Waals surface area contributed by atoms with Crippen LogP contribution in [0.1, 0.15) is 16.7 Å². The Morgan fingerprint density at radius 1 is 0.968 bits per heavy atom. The van der Waals surface area contributed by atoms with Gasteiger partial charge in [-0.3, -0.25) is 14.6 Å². The van der Waals surface area contributed by atoms with Crippen molar-refractivity contribution in [2.24, 2.45) is 0 Å². The highest BCUT2D eigenvalue weighted by molar-refractivity contribution is 5.78. The van der Waals surface area contributed by atoms with Gasteiger partial charge in [-0.25, -0.2) is 0 Å². The van der Waals surface area contributed by atoms with Crippen molar-refractivity contribution >= 4 is 5.91 Å². The topological polar surface area (TPSA) is 77.8 Å². The Hall–Kier alpha value is -3.08. The summed E-state index contributed by atoms with van der Waals surface area (Å²) in [5.74, 6) is 1.46. The number of benzene rings is 2. The molecule has 7 heteroatoms. The van der Waals surface area contributed by atoms with Crippen LogP contribution in [0.15, 0.2) is 42.5 Å². The van der Waals surface area contributed by atoms with Crippen molar-refractivity contribution in [1.29, 1.82) is 5.26 Å². The molecule has 2 aromatic carbocycles. The Labute approximate surface area is 184 Å². The molecule has 1 fully saturated rings. The quantitative estimate of drug-likeness (QED) is 0.667. The van der Waals surface area contributed by atoms with Crippen LogP contribution in [0.25, 0.3) is 0 Å². The SMILES string of the molecule is COc1ccc(CCNC(=O)CN2CCN(Cc3ccc(C#N)cc3)CC2)cc1OC. The molecule has 0 atom stereocenters. The van der Waals surface area contributed by atoms with Gasteiger partial charge in [-0.1, -0.05) is 18.2 Å². The highest BCUT2D eigenvalue weighted by Gasteiger charge is 2.19. The molecule has 0 radical (unpaired) electrons. The third-order valence-corrected chi connectivity index (χ3v) is 5.51. The van der Waals surface area contributed by atoms with Crippen LogP contribution in [0.2, 0.25) is 0 Å². The molecule has 1 aliphatic heterocycles. The summed E-state index contributed by atoms with van der Waals surface area (Å²) in [5, 5.41) is 11.9. The molecule has 1 heterocycles. The number of rotatable bonds is 9. The van der Waals surface area contributed by atoms with Crippen molar-refractivity contribution in [3.05, 3.63) is 59.2 Å². The van der Waals surface area contributed by atoms with Crippen LogP contribution in [0.4, 0.5) is 0 Å². The monoisotopic (exact) mass is 422 g/mol. The van der Waals surface area contributed by atoms with Gasteiger partial charge in [0.05, 0.1) is 32.4 Å². The maximum Gasteiger partial charge on any atom is 0.234 e. The molecule has 2 aromatic rings. The maximum atomic E-state index is 12.3. The average molecular weight is 423 g/mol. The van der Waals surface area contributed by atoms with Crippen molar-refractivity contribution in [3.63, 3.8) is 0 Å². The van der Waals surface area contributed by atoms with Gasteiger partial charge < -0.3 is 14.8 Å². The molecule has 0 spiro atoms. The van der Waals surface area contributed by atoms with E-state index in [0.29, 0.717) is 30.2 Å². The van der Waals surface area contributed by atoms with Crippen LogP contribution in [0.5, 0.6) is 11.5 Å². The van der Waals surface area contributed by atoms with Crippen molar-refractivity contribution in [1.82, 2.24) is 15.1 Å². The van der Waals surface area contributed by atoms with Crippen LogP contribution in [-0.4, -0.2) is 69.2 Å². The molecule has 0 aromatic heterocycles. The lowest BCUT2D eigenvalue weighted by Crippen LogP contribution is -2.49. The molecule has 0 aliphatic carbocycles. The normalized spacial score (nSPS) is 14.6. The number of hydrogen-bond donors (Lipinski definition) is 1. The second kappa shape index (κ2) is 11.3.